The molecular formula is C13H15ClN2O4. The Morgan fingerprint density at radius 2 is 2.10 bits per heavy atom. The van der Waals surface area contributed by atoms with Crippen LogP contribution in [0.4, 0.5) is 0 Å². The van der Waals surface area contributed by atoms with Crippen molar-refractivity contribution in [1.29, 1.82) is 0 Å². The first-order valence-corrected chi connectivity index (χ1v) is 5.82. The number of carboxylic acid groups (broad SMARTS) is 1. The third-order valence-corrected chi connectivity index (χ3v) is 2.73. The molecule has 1 N–H and O–H groups in total. The number of carbonyl (C=O) groups is 2. The second-order valence-corrected chi connectivity index (χ2v) is 4.32. The molecule has 0 aliphatic carbocycles. The number of fused-ring (bicyclic) bond motifs is 1. The zero-order valence-corrected chi connectivity index (χ0v) is 11.9. The van der Waals surface area contributed by atoms with Crippen molar-refractivity contribution >= 4 is 35.4 Å². The largest absolute Gasteiger partial charge is 0.481 e. The average molecular weight is 299 g/mol. The Balaban J connectivity index is 0.00000200. The molecule has 0 aliphatic rings. The predicted molar refractivity (Wildman–Crippen MR) is 75.2 cm³/mol. The fourth-order valence-electron chi connectivity index (χ4n) is 1.68. The molecule has 1 amide bonds. The van der Waals surface area contributed by atoms with Crippen molar-refractivity contribution in [3.8, 4) is 0 Å². The van der Waals surface area contributed by atoms with Gasteiger partial charge in [-0.05, 0) is 19.1 Å². The van der Waals surface area contributed by atoms with Gasteiger partial charge < -0.3 is 14.4 Å². The summed E-state index contributed by atoms with van der Waals surface area (Å²) in [4.78, 5) is 28.1. The molecule has 0 aromatic carbocycles. The van der Waals surface area contributed by atoms with Gasteiger partial charge in [-0.15, -0.1) is 12.4 Å². The number of carboxylic acids is 1. The Morgan fingerprint density at radius 1 is 1.40 bits per heavy atom. The van der Waals surface area contributed by atoms with Gasteiger partial charge in [-0.25, -0.2) is 4.98 Å². The van der Waals surface area contributed by atoms with Crippen LogP contribution in [0.3, 0.4) is 0 Å². The van der Waals surface area contributed by atoms with E-state index in [0.717, 1.165) is 5.69 Å². The zero-order valence-electron chi connectivity index (χ0n) is 11.1. The Hall–Kier alpha value is -2.08. The molecular weight excluding hydrogens is 284 g/mol. The molecule has 0 unspecified atom stereocenters. The van der Waals surface area contributed by atoms with Gasteiger partial charge in [-0.2, -0.15) is 0 Å². The Labute approximate surface area is 121 Å². The monoisotopic (exact) mass is 298 g/mol. The average Bonchev–Trinajstić information content (AvgIpc) is 2.77. The number of aliphatic carboxylic acids is 1. The SMILES string of the molecule is Cc1ccc2oc(C(=O)N(C)CCC(=O)O)cc2n1.Cl. The van der Waals surface area contributed by atoms with Gasteiger partial charge in [0.1, 0.15) is 5.52 Å². The van der Waals surface area contributed by atoms with Gasteiger partial charge in [-0.1, -0.05) is 0 Å². The number of hydrogen-bond donors (Lipinski definition) is 1. The van der Waals surface area contributed by atoms with E-state index in [2.05, 4.69) is 4.98 Å². The van der Waals surface area contributed by atoms with E-state index in [4.69, 9.17) is 9.52 Å². The smallest absolute Gasteiger partial charge is 0.305 e. The molecule has 0 saturated carbocycles. The standard InChI is InChI=1S/C13H14N2O4.ClH/c1-8-3-4-10-9(14-8)7-11(19-10)13(18)15(2)6-5-12(16)17;/h3-4,7H,5-6H2,1-2H3,(H,16,17);1H. The van der Waals surface area contributed by atoms with Crippen molar-refractivity contribution in [3.05, 3.63) is 29.7 Å². The second-order valence-electron chi connectivity index (χ2n) is 4.32. The molecule has 0 spiro atoms. The highest BCUT2D eigenvalue weighted by Crippen LogP contribution is 2.18. The first-order chi connectivity index (χ1) is 8.97. The molecule has 2 rings (SSSR count). The lowest BCUT2D eigenvalue weighted by atomic mass is 10.3. The number of carbonyl (C=O) groups excluding carboxylic acids is 1. The number of halogens is 1. The molecule has 0 aliphatic heterocycles. The molecule has 0 bridgehead atoms. The van der Waals surface area contributed by atoms with E-state index in [9.17, 15) is 9.59 Å². The van der Waals surface area contributed by atoms with Crippen LogP contribution in [0, 0.1) is 6.92 Å². The van der Waals surface area contributed by atoms with Gasteiger partial charge in [0.25, 0.3) is 5.91 Å². The highest BCUT2D eigenvalue weighted by Gasteiger charge is 2.17. The summed E-state index contributed by atoms with van der Waals surface area (Å²) >= 11 is 0. The Bertz CT molecular complexity index is 638. The zero-order chi connectivity index (χ0) is 14.0. The number of rotatable bonds is 4. The van der Waals surface area contributed by atoms with Crippen LogP contribution < -0.4 is 0 Å². The minimum absolute atomic E-state index is 0. The maximum atomic E-state index is 12.0. The van der Waals surface area contributed by atoms with Crippen molar-refractivity contribution in [1.82, 2.24) is 9.88 Å². The molecule has 0 atom stereocenters. The fourth-order valence-corrected chi connectivity index (χ4v) is 1.68. The number of hydrogen-bond acceptors (Lipinski definition) is 4. The van der Waals surface area contributed by atoms with Crippen LogP contribution in [-0.2, 0) is 4.79 Å². The lowest BCUT2D eigenvalue weighted by Gasteiger charge is -2.13. The van der Waals surface area contributed by atoms with Crippen molar-refractivity contribution in [2.75, 3.05) is 13.6 Å². The van der Waals surface area contributed by atoms with Gasteiger partial charge in [0.2, 0.25) is 0 Å². The van der Waals surface area contributed by atoms with Crippen molar-refractivity contribution in [2.45, 2.75) is 13.3 Å². The molecule has 7 heteroatoms. The molecule has 108 valence electrons. The van der Waals surface area contributed by atoms with Gasteiger partial charge in [0.15, 0.2) is 11.3 Å². The minimum Gasteiger partial charge on any atom is -0.481 e. The third-order valence-electron chi connectivity index (χ3n) is 2.73. The minimum atomic E-state index is -0.943. The van der Waals surface area contributed by atoms with Crippen LogP contribution in [0.1, 0.15) is 22.7 Å². The molecule has 2 heterocycles. The highest BCUT2D eigenvalue weighted by atomic mass is 35.5. The van der Waals surface area contributed by atoms with E-state index >= 15 is 0 Å². The number of amides is 1. The molecule has 6 nitrogen and oxygen atoms in total. The van der Waals surface area contributed by atoms with Crippen LogP contribution in [0.15, 0.2) is 22.6 Å². The molecule has 2 aromatic heterocycles. The van der Waals surface area contributed by atoms with Gasteiger partial charge in [0.05, 0.1) is 6.42 Å². The number of aromatic nitrogens is 1. The van der Waals surface area contributed by atoms with E-state index in [1.54, 1.807) is 18.2 Å². The van der Waals surface area contributed by atoms with E-state index in [0.29, 0.717) is 11.1 Å². The van der Waals surface area contributed by atoms with Gasteiger partial charge >= 0.3 is 5.97 Å². The normalized spacial score (nSPS) is 10.1. The number of nitrogens with zero attached hydrogens (tertiary/aromatic N) is 2. The van der Waals surface area contributed by atoms with E-state index < -0.39 is 5.97 Å². The maximum Gasteiger partial charge on any atom is 0.305 e. The van der Waals surface area contributed by atoms with Gasteiger partial charge in [0, 0.05) is 25.4 Å². The lowest BCUT2D eigenvalue weighted by Crippen LogP contribution is -2.28. The number of aryl methyl sites for hydroxylation is 1. The molecule has 2 aromatic rings. The summed E-state index contributed by atoms with van der Waals surface area (Å²) in [5, 5.41) is 8.59. The Morgan fingerprint density at radius 3 is 2.75 bits per heavy atom. The second kappa shape index (κ2) is 6.38. The summed E-state index contributed by atoms with van der Waals surface area (Å²) in [5.74, 6) is -1.13. The van der Waals surface area contributed by atoms with E-state index in [1.807, 2.05) is 6.92 Å². The van der Waals surface area contributed by atoms with Crippen LogP contribution >= 0.6 is 12.4 Å². The summed E-state index contributed by atoms with van der Waals surface area (Å²) in [5.41, 5.74) is 2.00. The van der Waals surface area contributed by atoms with Gasteiger partial charge in [-0.3, -0.25) is 9.59 Å². The lowest BCUT2D eigenvalue weighted by molar-refractivity contribution is -0.137. The van der Waals surface area contributed by atoms with E-state index in [-0.39, 0.29) is 37.0 Å². The van der Waals surface area contributed by atoms with Crippen molar-refractivity contribution in [3.63, 3.8) is 0 Å². The first-order valence-electron chi connectivity index (χ1n) is 5.82. The number of furan rings is 1. The van der Waals surface area contributed by atoms with Crippen LogP contribution in [0.25, 0.3) is 11.1 Å². The van der Waals surface area contributed by atoms with E-state index in [1.165, 1.54) is 11.9 Å². The summed E-state index contributed by atoms with van der Waals surface area (Å²) in [6.45, 7) is 1.99. The molecule has 20 heavy (non-hydrogen) atoms. The molecule has 0 radical (unpaired) electrons. The maximum absolute atomic E-state index is 12.0. The predicted octanol–water partition coefficient (Wildman–Crippen LogP) is 2.10. The summed E-state index contributed by atoms with van der Waals surface area (Å²) < 4.78 is 5.41. The number of pyridine rings is 1. The van der Waals surface area contributed by atoms with Crippen LogP contribution in [0.2, 0.25) is 0 Å². The van der Waals surface area contributed by atoms with Crippen LogP contribution in [0.5, 0.6) is 0 Å². The van der Waals surface area contributed by atoms with Crippen molar-refractivity contribution < 1.29 is 19.1 Å². The highest BCUT2D eigenvalue weighted by molar-refractivity contribution is 5.95. The molecule has 0 saturated heterocycles. The topological polar surface area (TPSA) is 83.6 Å². The summed E-state index contributed by atoms with van der Waals surface area (Å²) in [7, 11) is 1.54. The fraction of sp³-hybridized carbons (Fsp3) is 0.308. The van der Waals surface area contributed by atoms with Crippen molar-refractivity contribution in [2.24, 2.45) is 0 Å². The quantitative estimate of drug-likeness (QED) is 0.934. The third kappa shape index (κ3) is 3.48. The summed E-state index contributed by atoms with van der Waals surface area (Å²) in [6, 6.07) is 5.13. The van der Waals surface area contributed by atoms with Crippen LogP contribution in [-0.4, -0.2) is 40.5 Å². The Kier molecular flexibility index (Phi) is 5.10. The first kappa shape index (κ1) is 16.0. The summed E-state index contributed by atoms with van der Waals surface area (Å²) in [6.07, 6.45) is -0.0974. The molecule has 0 fully saturated rings.